The van der Waals surface area contributed by atoms with Gasteiger partial charge in [-0.1, -0.05) is 0 Å². The number of allylic oxidation sites excluding steroid dienone is 4. The molecule has 1 aromatic carbocycles. The van der Waals surface area contributed by atoms with Crippen molar-refractivity contribution in [3.05, 3.63) is 46.1 Å². The van der Waals surface area contributed by atoms with Gasteiger partial charge < -0.3 is 0 Å². The van der Waals surface area contributed by atoms with Crippen LogP contribution >= 0.6 is 0 Å². The third-order valence-electron chi connectivity index (χ3n) is 7.51. The van der Waals surface area contributed by atoms with E-state index in [0.29, 0.717) is 9.13 Å². The van der Waals surface area contributed by atoms with Crippen LogP contribution in [0.2, 0.25) is 45.1 Å². The van der Waals surface area contributed by atoms with Gasteiger partial charge >= 0.3 is 196 Å². The first-order valence-corrected chi connectivity index (χ1v) is 22.6. The molecule has 0 aliphatic heterocycles. The van der Waals surface area contributed by atoms with Crippen LogP contribution in [0.3, 0.4) is 0 Å². The Balaban J connectivity index is 2.55. The van der Waals surface area contributed by atoms with Gasteiger partial charge in [0.2, 0.25) is 0 Å². The average molecular weight is 477 g/mol. The third kappa shape index (κ3) is 5.25. The van der Waals surface area contributed by atoms with E-state index in [0.717, 1.165) is 0 Å². The van der Waals surface area contributed by atoms with Crippen molar-refractivity contribution in [2.24, 2.45) is 5.41 Å². The average Bonchev–Trinajstić information content (AvgIpc) is 2.72. The fourth-order valence-electron chi connectivity index (χ4n) is 5.69. The Morgan fingerprint density at radius 3 is 1.93 bits per heavy atom. The summed E-state index contributed by atoms with van der Waals surface area (Å²) in [7, 11) is -1.62. The molecular weight excluding hydrogens is 428 g/mol. The summed E-state index contributed by atoms with van der Waals surface area (Å²) in [6.07, 6.45) is 1.25. The van der Waals surface area contributed by atoms with Crippen LogP contribution in [0, 0.1) is 12.3 Å². The van der Waals surface area contributed by atoms with Crippen LogP contribution in [-0.4, -0.2) is 17.6 Å². The van der Waals surface area contributed by atoms with E-state index >= 15 is 0 Å². The van der Waals surface area contributed by atoms with Gasteiger partial charge in [0.1, 0.15) is 0 Å². The van der Waals surface area contributed by atoms with Gasteiger partial charge in [-0.25, -0.2) is 0 Å². The molecule has 0 heterocycles. The molecule has 0 bridgehead atoms. The molecule has 0 saturated heterocycles. The van der Waals surface area contributed by atoms with Crippen molar-refractivity contribution in [1.82, 2.24) is 0 Å². The van der Waals surface area contributed by atoms with Crippen molar-refractivity contribution in [3.8, 4) is 0 Å². The monoisotopic (exact) mass is 476 g/mol. The van der Waals surface area contributed by atoms with E-state index < -0.39 is 24.7 Å². The second kappa shape index (κ2) is 8.65. The molecule has 30 heavy (non-hydrogen) atoms. The maximum atomic E-state index is 2.68. The number of hydrogen-bond donors (Lipinski definition) is 0. The van der Waals surface area contributed by atoms with Crippen LogP contribution in [0.25, 0.3) is 0 Å². The molecule has 0 spiro atoms. The summed E-state index contributed by atoms with van der Waals surface area (Å²) in [6.45, 7) is 24.4. The van der Waals surface area contributed by atoms with Gasteiger partial charge in [-0.05, 0) is 0 Å². The fourth-order valence-corrected chi connectivity index (χ4v) is 18.1. The van der Waals surface area contributed by atoms with Gasteiger partial charge in [-0.15, -0.1) is 0 Å². The van der Waals surface area contributed by atoms with Crippen molar-refractivity contribution < 1.29 is 16.6 Å². The number of rotatable bonds is 6. The third-order valence-corrected chi connectivity index (χ3v) is 17.7. The van der Waals surface area contributed by atoms with E-state index in [1.54, 1.807) is 27.1 Å². The molecule has 0 radical (unpaired) electrons. The topological polar surface area (TPSA) is 0 Å². The van der Waals surface area contributed by atoms with Crippen LogP contribution in [0.15, 0.2) is 40.5 Å². The molecule has 1 aliphatic rings. The Bertz CT molecular complexity index is 870. The zero-order valence-corrected chi connectivity index (χ0v) is 26.3. The van der Waals surface area contributed by atoms with Crippen molar-refractivity contribution in [2.75, 3.05) is 0 Å². The van der Waals surface area contributed by atoms with E-state index in [1.807, 2.05) is 5.57 Å². The summed E-state index contributed by atoms with van der Waals surface area (Å²) in [5, 5.41) is 11.4. The summed E-state index contributed by atoms with van der Waals surface area (Å²) in [6, 6.07) is 9.01. The number of hydrogen-bond acceptors (Lipinski definition) is 0. The van der Waals surface area contributed by atoms with Gasteiger partial charge in [0.15, 0.2) is 0 Å². The normalized spacial score (nSPS) is 21.5. The Hall–Kier alpha value is -0.152. The first-order valence-electron chi connectivity index (χ1n) is 11.9. The Labute approximate surface area is 195 Å². The van der Waals surface area contributed by atoms with E-state index in [9.17, 15) is 0 Å². The fraction of sp³-hybridized carbons (Fsp3) is 0.630. The van der Waals surface area contributed by atoms with Crippen LogP contribution in [0.4, 0.5) is 0 Å². The minimum absolute atomic E-state index is 0.339. The van der Waals surface area contributed by atoms with Crippen molar-refractivity contribution in [2.45, 2.75) is 100.0 Å². The quantitative estimate of drug-likeness (QED) is 0.378. The molecule has 0 nitrogen and oxygen atoms in total. The first-order chi connectivity index (χ1) is 13.4. The molecule has 0 saturated carbocycles. The molecule has 0 N–H and O–H groups in total. The van der Waals surface area contributed by atoms with Crippen molar-refractivity contribution in [3.63, 3.8) is 0 Å². The summed E-state index contributed by atoms with van der Waals surface area (Å²) in [4.78, 5) is 0. The molecular formula is C27H48Si2Ti. The Morgan fingerprint density at radius 2 is 1.47 bits per heavy atom. The minimum atomic E-state index is -2.07. The van der Waals surface area contributed by atoms with Crippen molar-refractivity contribution >= 4 is 28.0 Å². The molecule has 3 heteroatoms. The summed E-state index contributed by atoms with van der Waals surface area (Å²) in [5.74, 6) is 0. The number of benzene rings is 1. The predicted molar refractivity (Wildman–Crippen MR) is 143 cm³/mol. The zero-order chi connectivity index (χ0) is 23.3. The number of aryl methyl sites for hydroxylation is 1. The Morgan fingerprint density at radius 1 is 0.900 bits per heavy atom. The van der Waals surface area contributed by atoms with Gasteiger partial charge in [0.25, 0.3) is 0 Å². The molecule has 1 unspecified atom stereocenters. The van der Waals surface area contributed by atoms with Crippen LogP contribution in [0.1, 0.15) is 53.5 Å². The van der Waals surface area contributed by atoms with Crippen molar-refractivity contribution in [1.29, 1.82) is 0 Å². The van der Waals surface area contributed by atoms with Crippen LogP contribution in [0.5, 0.6) is 0 Å². The molecule has 168 valence electrons. The van der Waals surface area contributed by atoms with E-state index in [1.165, 1.54) is 18.0 Å². The van der Waals surface area contributed by atoms with Gasteiger partial charge in [0, 0.05) is 0 Å². The molecule has 1 aromatic rings. The van der Waals surface area contributed by atoms with Crippen LogP contribution in [-0.2, 0) is 16.6 Å². The predicted octanol–water partition coefficient (Wildman–Crippen LogP) is 7.31. The SMILES string of the molecule is CC1=C(C)[C](C[SiH2]c2cc(C)cc([Si](C)(C)C)c2)([Ti]([CH3])([CH3])[CH3])C(CC(C)(C)C)=C1C. The van der Waals surface area contributed by atoms with E-state index in [-0.39, 0.29) is 9.52 Å². The van der Waals surface area contributed by atoms with Gasteiger partial charge in [0.05, 0.1) is 0 Å². The van der Waals surface area contributed by atoms with Crippen LogP contribution < -0.4 is 10.4 Å². The molecule has 0 aromatic heterocycles. The summed E-state index contributed by atoms with van der Waals surface area (Å²) < 4.78 is 0.400. The second-order valence-corrected chi connectivity index (χ2v) is 28.5. The molecule has 1 atom stereocenters. The molecule has 1 aliphatic carbocycles. The van der Waals surface area contributed by atoms with E-state index in [4.69, 9.17) is 0 Å². The van der Waals surface area contributed by atoms with Gasteiger partial charge in [-0.2, -0.15) is 0 Å². The maximum absolute atomic E-state index is 2.68. The molecule has 0 amide bonds. The van der Waals surface area contributed by atoms with E-state index in [2.05, 4.69) is 102 Å². The first kappa shape index (κ1) is 26.1. The standard InChI is InChI=1S/C24H39Si2.3CH3.Ti/c1-16-11-20(13-21(12-16)26(8,9)10)25-15-23-19(4)17(2)18(3)22(23)14-24(5,6)7;;;;/h11-13H,14-15,25H2,1-10H3;3*1H3;. The zero-order valence-electron chi connectivity index (χ0n) is 22.4. The summed E-state index contributed by atoms with van der Waals surface area (Å²) >= 11 is -2.07. The molecule has 0 fully saturated rings. The second-order valence-electron chi connectivity index (χ2n) is 13.2. The Kier molecular flexibility index (Phi) is 7.53. The molecule has 2 rings (SSSR count). The summed E-state index contributed by atoms with van der Waals surface area (Å²) in [5.41, 5.74) is 8.61. The van der Waals surface area contributed by atoms with Gasteiger partial charge in [-0.3, -0.25) is 0 Å².